The van der Waals surface area contributed by atoms with Gasteiger partial charge in [-0.05, 0) is 18.4 Å². The number of hydrogen-bond acceptors (Lipinski definition) is 6. The van der Waals surface area contributed by atoms with Crippen LogP contribution in [0, 0.1) is 0 Å². The molecule has 1 atom stereocenters. The molecule has 1 unspecified atom stereocenters. The fourth-order valence-electron chi connectivity index (χ4n) is 2.79. The highest BCUT2D eigenvalue weighted by atomic mass is 32.2. The SMILES string of the molecule is Nc1nnc(SC(C(=O)NC2CCCCC2)c2ccccc2)s1. The molecule has 1 aromatic heterocycles. The molecule has 122 valence electrons. The predicted octanol–water partition coefficient (Wildman–Crippen LogP) is 3.40. The maximum absolute atomic E-state index is 12.8. The summed E-state index contributed by atoms with van der Waals surface area (Å²) in [5.74, 6) is 0.0434. The van der Waals surface area contributed by atoms with E-state index >= 15 is 0 Å². The van der Waals surface area contributed by atoms with Gasteiger partial charge in [-0.15, -0.1) is 10.2 Å². The van der Waals surface area contributed by atoms with Crippen molar-refractivity contribution in [1.29, 1.82) is 0 Å². The van der Waals surface area contributed by atoms with Gasteiger partial charge in [0.25, 0.3) is 0 Å². The number of anilines is 1. The molecular weight excluding hydrogens is 328 g/mol. The smallest absolute Gasteiger partial charge is 0.238 e. The Kier molecular flexibility index (Phi) is 5.51. The minimum absolute atomic E-state index is 0.0434. The number of carbonyl (C=O) groups excluding carboxylic acids is 1. The number of amides is 1. The van der Waals surface area contributed by atoms with Crippen LogP contribution >= 0.6 is 23.1 Å². The quantitative estimate of drug-likeness (QED) is 0.809. The maximum Gasteiger partial charge on any atom is 0.238 e. The van der Waals surface area contributed by atoms with E-state index in [1.807, 2.05) is 30.3 Å². The van der Waals surface area contributed by atoms with Crippen LogP contribution in [-0.4, -0.2) is 22.1 Å². The van der Waals surface area contributed by atoms with E-state index in [4.69, 9.17) is 5.73 Å². The van der Waals surface area contributed by atoms with Gasteiger partial charge in [0.15, 0.2) is 4.34 Å². The Labute approximate surface area is 144 Å². The first-order valence-electron chi connectivity index (χ1n) is 7.83. The summed E-state index contributed by atoms with van der Waals surface area (Å²) in [4.78, 5) is 12.8. The molecule has 1 fully saturated rings. The Bertz CT molecular complexity index is 641. The second kappa shape index (κ2) is 7.79. The number of rotatable bonds is 5. The van der Waals surface area contributed by atoms with Crippen LogP contribution in [0.15, 0.2) is 34.7 Å². The van der Waals surface area contributed by atoms with E-state index in [0.717, 1.165) is 22.7 Å². The third-order valence-corrected chi connectivity index (χ3v) is 6.02. The fraction of sp³-hybridized carbons (Fsp3) is 0.438. The van der Waals surface area contributed by atoms with E-state index in [0.29, 0.717) is 11.2 Å². The van der Waals surface area contributed by atoms with Crippen molar-refractivity contribution >= 4 is 34.1 Å². The number of nitrogens with one attached hydrogen (secondary N) is 1. The number of nitrogen functional groups attached to an aromatic ring is 1. The summed E-state index contributed by atoms with van der Waals surface area (Å²) in [5, 5.41) is 11.2. The molecule has 1 aliphatic rings. The lowest BCUT2D eigenvalue weighted by Gasteiger charge is -2.25. The first-order chi connectivity index (χ1) is 11.2. The predicted molar refractivity (Wildman–Crippen MR) is 94.4 cm³/mol. The monoisotopic (exact) mass is 348 g/mol. The van der Waals surface area contributed by atoms with E-state index in [-0.39, 0.29) is 11.2 Å². The highest BCUT2D eigenvalue weighted by Crippen LogP contribution is 2.37. The molecule has 2 aromatic rings. The lowest BCUT2D eigenvalue weighted by molar-refractivity contribution is -0.121. The number of carbonyl (C=O) groups is 1. The summed E-state index contributed by atoms with van der Waals surface area (Å²) in [7, 11) is 0. The first-order valence-corrected chi connectivity index (χ1v) is 9.53. The molecular formula is C16H20N4OS2. The van der Waals surface area contributed by atoms with Crippen molar-refractivity contribution < 1.29 is 4.79 Å². The molecule has 23 heavy (non-hydrogen) atoms. The van der Waals surface area contributed by atoms with Crippen molar-refractivity contribution in [2.75, 3.05) is 5.73 Å². The molecule has 5 nitrogen and oxygen atoms in total. The third-order valence-electron chi connectivity index (χ3n) is 3.93. The third kappa shape index (κ3) is 4.45. The highest BCUT2D eigenvalue weighted by molar-refractivity contribution is 8.01. The van der Waals surface area contributed by atoms with Crippen molar-refractivity contribution in [3.63, 3.8) is 0 Å². The van der Waals surface area contributed by atoms with Gasteiger partial charge in [0.05, 0.1) is 0 Å². The number of nitrogens with zero attached hydrogens (tertiary/aromatic N) is 2. The minimum atomic E-state index is -0.328. The fourth-order valence-corrected chi connectivity index (χ4v) is 4.63. The molecule has 1 amide bonds. The van der Waals surface area contributed by atoms with E-state index in [1.165, 1.54) is 42.4 Å². The summed E-state index contributed by atoms with van der Waals surface area (Å²) in [6, 6.07) is 10.1. The average Bonchev–Trinajstić information content (AvgIpc) is 2.99. The van der Waals surface area contributed by atoms with Gasteiger partial charge in [-0.25, -0.2) is 0 Å². The topological polar surface area (TPSA) is 80.9 Å². The Hall–Kier alpha value is -1.60. The second-order valence-corrected chi connectivity index (χ2v) is 8.02. The molecule has 0 bridgehead atoms. The van der Waals surface area contributed by atoms with Gasteiger partial charge in [0.1, 0.15) is 5.25 Å². The molecule has 1 heterocycles. The van der Waals surface area contributed by atoms with Crippen LogP contribution in [0.5, 0.6) is 0 Å². The standard InChI is InChI=1S/C16H20N4OS2/c17-15-19-20-16(23-15)22-13(11-7-3-1-4-8-11)14(21)18-12-9-5-2-6-10-12/h1,3-4,7-8,12-13H,2,5-6,9-10H2,(H2,17,19)(H,18,21). The largest absolute Gasteiger partial charge is 0.374 e. The lowest BCUT2D eigenvalue weighted by Crippen LogP contribution is -2.38. The van der Waals surface area contributed by atoms with Gasteiger partial charge in [-0.1, -0.05) is 72.7 Å². The van der Waals surface area contributed by atoms with E-state index in [9.17, 15) is 4.79 Å². The zero-order valence-corrected chi connectivity index (χ0v) is 14.4. The van der Waals surface area contributed by atoms with E-state index in [1.54, 1.807) is 0 Å². The van der Waals surface area contributed by atoms with Crippen LogP contribution in [0.1, 0.15) is 42.9 Å². The summed E-state index contributed by atoms with van der Waals surface area (Å²) >= 11 is 2.72. The van der Waals surface area contributed by atoms with E-state index < -0.39 is 0 Å². The van der Waals surface area contributed by atoms with Crippen molar-refractivity contribution in [2.24, 2.45) is 0 Å². The molecule has 7 heteroatoms. The molecule has 3 rings (SSSR count). The van der Waals surface area contributed by atoms with Crippen molar-refractivity contribution in [3.05, 3.63) is 35.9 Å². The highest BCUT2D eigenvalue weighted by Gasteiger charge is 2.26. The molecule has 0 spiro atoms. The van der Waals surface area contributed by atoms with Crippen LogP contribution in [-0.2, 0) is 4.79 Å². The Balaban J connectivity index is 1.75. The van der Waals surface area contributed by atoms with Gasteiger partial charge in [-0.2, -0.15) is 0 Å². The zero-order valence-electron chi connectivity index (χ0n) is 12.8. The molecule has 0 radical (unpaired) electrons. The molecule has 0 aliphatic heterocycles. The Morgan fingerprint density at radius 1 is 1.22 bits per heavy atom. The average molecular weight is 348 g/mol. The number of nitrogens with two attached hydrogens (primary N) is 1. The lowest BCUT2D eigenvalue weighted by atomic mass is 9.95. The van der Waals surface area contributed by atoms with Crippen LogP contribution in [0.3, 0.4) is 0 Å². The number of aromatic nitrogens is 2. The normalized spacial score (nSPS) is 16.9. The maximum atomic E-state index is 12.8. The second-order valence-electron chi connectivity index (χ2n) is 5.66. The summed E-state index contributed by atoms with van der Waals surface area (Å²) in [5.41, 5.74) is 6.62. The molecule has 1 aromatic carbocycles. The first kappa shape index (κ1) is 16.3. The van der Waals surface area contributed by atoms with Crippen LogP contribution in [0.2, 0.25) is 0 Å². The summed E-state index contributed by atoms with van der Waals surface area (Å²) in [6.07, 6.45) is 5.81. The Morgan fingerprint density at radius 3 is 2.61 bits per heavy atom. The summed E-state index contributed by atoms with van der Waals surface area (Å²) in [6.45, 7) is 0. The number of benzene rings is 1. The van der Waals surface area contributed by atoms with Gasteiger partial charge in [0.2, 0.25) is 11.0 Å². The summed E-state index contributed by atoms with van der Waals surface area (Å²) < 4.78 is 0.718. The number of hydrogen-bond donors (Lipinski definition) is 2. The van der Waals surface area contributed by atoms with Gasteiger partial charge in [-0.3, -0.25) is 4.79 Å². The van der Waals surface area contributed by atoms with Crippen LogP contribution in [0.25, 0.3) is 0 Å². The van der Waals surface area contributed by atoms with Gasteiger partial charge < -0.3 is 11.1 Å². The molecule has 1 aliphatic carbocycles. The molecule has 3 N–H and O–H groups in total. The zero-order chi connectivity index (χ0) is 16.1. The number of thioether (sulfide) groups is 1. The molecule has 1 saturated carbocycles. The van der Waals surface area contributed by atoms with Crippen molar-refractivity contribution in [1.82, 2.24) is 15.5 Å². The van der Waals surface area contributed by atoms with Crippen molar-refractivity contribution in [3.8, 4) is 0 Å². The van der Waals surface area contributed by atoms with Crippen LogP contribution in [0.4, 0.5) is 5.13 Å². The molecule has 0 saturated heterocycles. The minimum Gasteiger partial charge on any atom is -0.374 e. The Morgan fingerprint density at radius 2 is 1.96 bits per heavy atom. The van der Waals surface area contributed by atoms with E-state index in [2.05, 4.69) is 15.5 Å². The van der Waals surface area contributed by atoms with Gasteiger partial charge >= 0.3 is 0 Å². The van der Waals surface area contributed by atoms with Crippen molar-refractivity contribution in [2.45, 2.75) is 47.7 Å². The van der Waals surface area contributed by atoms with Gasteiger partial charge in [0, 0.05) is 6.04 Å². The van der Waals surface area contributed by atoms with Crippen LogP contribution < -0.4 is 11.1 Å².